The smallest absolute Gasteiger partial charge is 0.241 e. The quantitative estimate of drug-likeness (QED) is 0.884. The summed E-state index contributed by atoms with van der Waals surface area (Å²) in [5, 5.41) is 6.73. The number of nitrogens with two attached hydrogens (primary N) is 1. The van der Waals surface area contributed by atoms with Gasteiger partial charge in [-0.25, -0.2) is 9.97 Å². The van der Waals surface area contributed by atoms with Crippen molar-refractivity contribution in [3.05, 3.63) is 23.8 Å². The Balaban J connectivity index is 1.64. The predicted octanol–water partition coefficient (Wildman–Crippen LogP) is 2.84. The summed E-state index contributed by atoms with van der Waals surface area (Å²) >= 11 is 0. The molecule has 134 valence electrons. The van der Waals surface area contributed by atoms with E-state index >= 15 is 0 Å². The lowest BCUT2D eigenvalue weighted by Crippen LogP contribution is -2.43. The normalized spacial score (nSPS) is 21.8. The Kier molecular flexibility index (Phi) is 5.13. The van der Waals surface area contributed by atoms with Crippen molar-refractivity contribution in [3.8, 4) is 11.4 Å². The molecule has 3 N–H and O–H groups in total. The average Bonchev–Trinajstić information content (AvgIpc) is 2.94. The van der Waals surface area contributed by atoms with Crippen molar-refractivity contribution in [2.45, 2.75) is 52.5 Å². The molecule has 2 aromatic rings. The van der Waals surface area contributed by atoms with E-state index < -0.39 is 6.04 Å². The van der Waals surface area contributed by atoms with E-state index in [4.69, 9.17) is 10.3 Å². The lowest BCUT2D eigenvalue weighted by Gasteiger charge is -2.29. The van der Waals surface area contributed by atoms with Crippen LogP contribution >= 0.6 is 0 Å². The first-order valence-corrected chi connectivity index (χ1v) is 8.77. The Morgan fingerprint density at radius 2 is 1.88 bits per heavy atom. The first kappa shape index (κ1) is 17.5. The van der Waals surface area contributed by atoms with Crippen LogP contribution in [0.4, 0.5) is 5.69 Å². The van der Waals surface area contributed by atoms with E-state index in [0.717, 1.165) is 42.9 Å². The first-order chi connectivity index (χ1) is 12.0. The second kappa shape index (κ2) is 7.31. The molecular weight excluding hydrogens is 318 g/mol. The maximum Gasteiger partial charge on any atom is 0.241 e. The van der Waals surface area contributed by atoms with Gasteiger partial charge < -0.3 is 15.6 Å². The minimum absolute atomic E-state index is 0.173. The van der Waals surface area contributed by atoms with Gasteiger partial charge in [-0.05, 0) is 38.5 Å². The zero-order valence-electron chi connectivity index (χ0n) is 15.0. The number of carbonyl (C=O) groups excluding carboxylic acids is 1. The van der Waals surface area contributed by atoms with Crippen molar-refractivity contribution in [1.29, 1.82) is 0 Å². The lowest BCUT2D eigenvalue weighted by molar-refractivity contribution is -0.118. The van der Waals surface area contributed by atoms with E-state index in [9.17, 15) is 4.79 Å². The molecule has 1 aliphatic rings. The summed E-state index contributed by atoms with van der Waals surface area (Å²) in [4.78, 5) is 21.0. The monoisotopic (exact) mass is 343 g/mol. The van der Waals surface area contributed by atoms with E-state index in [1.807, 2.05) is 13.8 Å². The summed E-state index contributed by atoms with van der Waals surface area (Å²) in [7, 11) is 0. The van der Waals surface area contributed by atoms with Crippen LogP contribution in [0.1, 0.15) is 44.1 Å². The maximum absolute atomic E-state index is 12.4. The van der Waals surface area contributed by atoms with Crippen LogP contribution in [0.15, 0.2) is 16.9 Å². The zero-order valence-corrected chi connectivity index (χ0v) is 15.0. The van der Waals surface area contributed by atoms with E-state index in [0.29, 0.717) is 17.3 Å². The number of hydrogen-bond donors (Lipinski definition) is 2. The van der Waals surface area contributed by atoms with Crippen LogP contribution in [-0.4, -0.2) is 27.1 Å². The number of amides is 1. The molecule has 7 heteroatoms. The van der Waals surface area contributed by atoms with Gasteiger partial charge in [-0.1, -0.05) is 24.9 Å². The third-order valence-corrected chi connectivity index (χ3v) is 5.05. The van der Waals surface area contributed by atoms with Crippen LogP contribution in [-0.2, 0) is 4.79 Å². The van der Waals surface area contributed by atoms with Gasteiger partial charge in [0.05, 0.1) is 35.4 Å². The third kappa shape index (κ3) is 3.87. The van der Waals surface area contributed by atoms with Gasteiger partial charge in [0.15, 0.2) is 5.82 Å². The summed E-state index contributed by atoms with van der Waals surface area (Å²) in [5.74, 6) is 2.01. The highest BCUT2D eigenvalue weighted by Crippen LogP contribution is 2.30. The molecule has 3 rings (SSSR count). The van der Waals surface area contributed by atoms with Crippen LogP contribution in [0.3, 0.4) is 0 Å². The Labute approximate surface area is 147 Å². The molecule has 7 nitrogen and oxygen atoms in total. The van der Waals surface area contributed by atoms with Gasteiger partial charge in [0.1, 0.15) is 5.76 Å². The van der Waals surface area contributed by atoms with E-state index in [1.165, 1.54) is 0 Å². The maximum atomic E-state index is 12.4. The molecule has 0 aromatic carbocycles. The topological polar surface area (TPSA) is 107 Å². The second-order valence-electron chi connectivity index (χ2n) is 7.03. The number of nitrogens with zero attached hydrogens (tertiary/aromatic N) is 3. The molecule has 1 amide bonds. The molecule has 1 saturated carbocycles. The molecule has 25 heavy (non-hydrogen) atoms. The van der Waals surface area contributed by atoms with Gasteiger partial charge in [-0.15, -0.1) is 0 Å². The van der Waals surface area contributed by atoms with E-state index in [2.05, 4.69) is 27.4 Å². The molecule has 0 aliphatic heterocycles. The molecule has 2 heterocycles. The van der Waals surface area contributed by atoms with Gasteiger partial charge in [0.25, 0.3) is 0 Å². The van der Waals surface area contributed by atoms with Crippen LogP contribution in [0.2, 0.25) is 0 Å². The fourth-order valence-corrected chi connectivity index (χ4v) is 3.41. The van der Waals surface area contributed by atoms with E-state index in [1.54, 1.807) is 12.4 Å². The Morgan fingerprint density at radius 3 is 2.44 bits per heavy atom. The molecular formula is C18H25N5O2. The number of anilines is 1. The third-order valence-electron chi connectivity index (χ3n) is 5.05. The summed E-state index contributed by atoms with van der Waals surface area (Å²) in [6.45, 7) is 5.91. The van der Waals surface area contributed by atoms with Crippen molar-refractivity contribution in [3.63, 3.8) is 0 Å². The Morgan fingerprint density at radius 1 is 1.24 bits per heavy atom. The molecule has 2 aromatic heterocycles. The molecule has 1 fully saturated rings. The van der Waals surface area contributed by atoms with Crippen molar-refractivity contribution in [1.82, 2.24) is 15.1 Å². The predicted molar refractivity (Wildman–Crippen MR) is 94.7 cm³/mol. The molecule has 1 unspecified atom stereocenters. The Hall–Kier alpha value is -2.28. The highest BCUT2D eigenvalue weighted by atomic mass is 16.5. The van der Waals surface area contributed by atoms with Crippen LogP contribution in [0.5, 0.6) is 0 Å². The summed E-state index contributed by atoms with van der Waals surface area (Å²) in [6.07, 6.45) is 7.47. The van der Waals surface area contributed by atoms with Crippen molar-refractivity contribution < 1.29 is 9.32 Å². The molecule has 0 spiro atoms. The number of hydrogen-bond acceptors (Lipinski definition) is 6. The van der Waals surface area contributed by atoms with Gasteiger partial charge >= 0.3 is 0 Å². The highest BCUT2D eigenvalue weighted by Gasteiger charge is 2.28. The number of aryl methyl sites for hydroxylation is 2. The minimum Gasteiger partial charge on any atom is -0.361 e. The fraction of sp³-hybridized carbons (Fsp3) is 0.556. The van der Waals surface area contributed by atoms with Gasteiger partial charge in [0, 0.05) is 0 Å². The number of carbonyl (C=O) groups is 1. The number of rotatable bonds is 4. The summed E-state index contributed by atoms with van der Waals surface area (Å²) < 4.78 is 5.13. The summed E-state index contributed by atoms with van der Waals surface area (Å²) in [5.41, 5.74) is 8.22. The highest BCUT2D eigenvalue weighted by molar-refractivity contribution is 5.94. The average molecular weight is 343 g/mol. The molecule has 1 aliphatic carbocycles. The van der Waals surface area contributed by atoms with Crippen LogP contribution in [0.25, 0.3) is 11.4 Å². The van der Waals surface area contributed by atoms with Gasteiger partial charge in [-0.3, -0.25) is 4.79 Å². The molecule has 1 atom stereocenters. The van der Waals surface area contributed by atoms with Gasteiger partial charge in [0.2, 0.25) is 5.91 Å². The molecule has 0 radical (unpaired) electrons. The summed E-state index contributed by atoms with van der Waals surface area (Å²) in [6, 6.07) is -0.491. The van der Waals surface area contributed by atoms with Crippen molar-refractivity contribution >= 4 is 11.6 Å². The lowest BCUT2D eigenvalue weighted by atomic mass is 9.79. The van der Waals surface area contributed by atoms with Crippen LogP contribution < -0.4 is 11.1 Å². The Bertz CT molecular complexity index is 713. The number of aromatic nitrogens is 3. The minimum atomic E-state index is -0.491. The molecule has 0 saturated heterocycles. The zero-order chi connectivity index (χ0) is 18.0. The molecule has 0 bridgehead atoms. The van der Waals surface area contributed by atoms with Crippen LogP contribution in [0, 0.1) is 25.7 Å². The SMILES string of the molecule is Cc1noc(C)c1-c1ncc(NC(=O)C(N)C2CCC(C)CC2)cn1. The standard InChI is InChI=1S/C18H25N5O2/c1-10-4-6-13(7-5-10)16(19)18(24)22-14-8-20-17(21-9-14)15-11(2)23-25-12(15)3/h8-10,13,16H,4-7,19H2,1-3H3,(H,22,24). The van der Waals surface area contributed by atoms with Crippen molar-refractivity contribution in [2.75, 3.05) is 5.32 Å². The second-order valence-corrected chi connectivity index (χ2v) is 7.03. The van der Waals surface area contributed by atoms with Gasteiger partial charge in [-0.2, -0.15) is 0 Å². The fourth-order valence-electron chi connectivity index (χ4n) is 3.41. The first-order valence-electron chi connectivity index (χ1n) is 8.77. The van der Waals surface area contributed by atoms with Crippen molar-refractivity contribution in [2.24, 2.45) is 17.6 Å². The van der Waals surface area contributed by atoms with E-state index in [-0.39, 0.29) is 11.8 Å². The largest absolute Gasteiger partial charge is 0.361 e. The number of nitrogens with one attached hydrogen (secondary N) is 1.